The fraction of sp³-hybridized carbons (Fsp3) is 0.333. The normalized spacial score (nSPS) is 27.2. The van der Waals surface area contributed by atoms with E-state index in [1.165, 1.54) is 0 Å². The Bertz CT molecular complexity index is 305. The molecule has 1 aliphatic rings. The maximum atomic E-state index is 5.69. The van der Waals surface area contributed by atoms with Gasteiger partial charge in [0.1, 0.15) is 0 Å². The first-order valence-electron chi connectivity index (χ1n) is 4.85. The lowest BCUT2D eigenvalue weighted by atomic mass is 10.2. The van der Waals surface area contributed by atoms with Crippen molar-refractivity contribution in [1.29, 1.82) is 0 Å². The quantitative estimate of drug-likeness (QED) is 0.634. The zero-order chi connectivity index (χ0) is 9.80. The highest BCUT2D eigenvalue weighted by Crippen LogP contribution is 2.22. The summed E-state index contributed by atoms with van der Waals surface area (Å²) >= 11 is 0. The van der Waals surface area contributed by atoms with Gasteiger partial charge >= 0.3 is 0 Å². The molecule has 74 valence electrons. The van der Waals surface area contributed by atoms with Crippen LogP contribution in [0.4, 0.5) is 0 Å². The van der Waals surface area contributed by atoms with Crippen molar-refractivity contribution in [1.82, 2.24) is 0 Å². The second-order valence-corrected chi connectivity index (χ2v) is 3.35. The molecule has 0 fully saturated rings. The average Bonchev–Trinajstić information content (AvgIpc) is 2.44. The van der Waals surface area contributed by atoms with Crippen LogP contribution in [0.2, 0.25) is 0 Å². The summed E-state index contributed by atoms with van der Waals surface area (Å²) in [5, 5.41) is 0. The molecule has 14 heavy (non-hydrogen) atoms. The van der Waals surface area contributed by atoms with Gasteiger partial charge in [0.25, 0.3) is 0 Å². The van der Waals surface area contributed by atoms with Gasteiger partial charge in [-0.1, -0.05) is 42.5 Å². The third kappa shape index (κ3) is 2.22. The summed E-state index contributed by atoms with van der Waals surface area (Å²) in [4.78, 5) is 0. The molecule has 0 spiro atoms. The predicted octanol–water partition coefficient (Wildman–Crippen LogP) is 2.68. The first kappa shape index (κ1) is 9.44. The Hall–Kier alpha value is -1.12. The molecule has 1 aliphatic heterocycles. The van der Waals surface area contributed by atoms with Crippen LogP contribution in [-0.4, -0.2) is 12.7 Å². The molecule has 0 saturated carbocycles. The van der Waals surface area contributed by atoms with Crippen LogP contribution in [0.1, 0.15) is 18.8 Å². The molecule has 0 bridgehead atoms. The smallest absolute Gasteiger partial charge is 0.184 e. The highest BCUT2D eigenvalue weighted by atomic mass is 16.7. The molecule has 2 unspecified atom stereocenters. The van der Waals surface area contributed by atoms with E-state index in [1.807, 2.05) is 49.4 Å². The number of hydrogen-bond acceptors (Lipinski definition) is 2. The van der Waals surface area contributed by atoms with Crippen LogP contribution in [-0.2, 0) is 9.47 Å². The fourth-order valence-electron chi connectivity index (χ4n) is 1.45. The molecule has 2 atom stereocenters. The molecule has 1 heterocycles. The van der Waals surface area contributed by atoms with Crippen LogP contribution < -0.4 is 0 Å². The summed E-state index contributed by atoms with van der Waals surface area (Å²) in [6.07, 6.45) is 3.89. The van der Waals surface area contributed by atoms with Gasteiger partial charge in [-0.25, -0.2) is 0 Å². The minimum Gasteiger partial charge on any atom is -0.344 e. The van der Waals surface area contributed by atoms with Gasteiger partial charge in [-0.2, -0.15) is 0 Å². The van der Waals surface area contributed by atoms with Gasteiger partial charge in [0.15, 0.2) is 6.29 Å². The van der Waals surface area contributed by atoms with Crippen LogP contribution in [0.3, 0.4) is 0 Å². The summed E-state index contributed by atoms with van der Waals surface area (Å²) in [6, 6.07) is 10.0. The lowest BCUT2D eigenvalue weighted by Gasteiger charge is -2.18. The van der Waals surface area contributed by atoms with Crippen LogP contribution in [0.15, 0.2) is 42.5 Å². The van der Waals surface area contributed by atoms with Gasteiger partial charge in [0, 0.05) is 5.56 Å². The zero-order valence-corrected chi connectivity index (χ0v) is 8.22. The summed E-state index contributed by atoms with van der Waals surface area (Å²) in [7, 11) is 0. The van der Waals surface area contributed by atoms with Crippen molar-refractivity contribution in [2.75, 3.05) is 6.61 Å². The molecule has 2 nitrogen and oxygen atoms in total. The average molecular weight is 190 g/mol. The first-order valence-corrected chi connectivity index (χ1v) is 4.85. The van der Waals surface area contributed by atoms with Crippen molar-refractivity contribution >= 4 is 0 Å². The third-order valence-electron chi connectivity index (χ3n) is 2.16. The second kappa shape index (κ2) is 4.40. The van der Waals surface area contributed by atoms with Crippen molar-refractivity contribution in [3.8, 4) is 0 Å². The minimum atomic E-state index is -0.235. The maximum Gasteiger partial charge on any atom is 0.184 e. The van der Waals surface area contributed by atoms with Gasteiger partial charge in [-0.05, 0) is 6.92 Å². The highest BCUT2D eigenvalue weighted by Gasteiger charge is 2.16. The standard InChI is InChI=1S/C12H14O2/c1-10-6-5-9-13-12(14-10)11-7-3-2-4-8-11/h2-8,10,12H,9H2,1H3. The number of ether oxygens (including phenoxy) is 2. The molecular weight excluding hydrogens is 176 g/mol. The van der Waals surface area contributed by atoms with Gasteiger partial charge in [0.2, 0.25) is 0 Å². The Morgan fingerprint density at radius 2 is 2.00 bits per heavy atom. The molecule has 0 N–H and O–H groups in total. The molecule has 0 radical (unpaired) electrons. The van der Waals surface area contributed by atoms with E-state index in [1.54, 1.807) is 0 Å². The second-order valence-electron chi connectivity index (χ2n) is 3.35. The van der Waals surface area contributed by atoms with Crippen LogP contribution in [0, 0.1) is 0 Å². The fourth-order valence-corrected chi connectivity index (χ4v) is 1.45. The van der Waals surface area contributed by atoms with E-state index in [4.69, 9.17) is 9.47 Å². The van der Waals surface area contributed by atoms with E-state index in [-0.39, 0.29) is 12.4 Å². The van der Waals surface area contributed by atoms with E-state index < -0.39 is 0 Å². The first-order chi connectivity index (χ1) is 6.86. The van der Waals surface area contributed by atoms with Gasteiger partial charge in [-0.15, -0.1) is 0 Å². The molecule has 0 aliphatic carbocycles. The number of benzene rings is 1. The lowest BCUT2D eigenvalue weighted by Crippen LogP contribution is -2.12. The van der Waals surface area contributed by atoms with E-state index in [0.717, 1.165) is 5.56 Å². The summed E-state index contributed by atoms with van der Waals surface area (Å²) < 4.78 is 11.2. The highest BCUT2D eigenvalue weighted by molar-refractivity contribution is 5.16. The SMILES string of the molecule is CC1C=CCOC(c2ccccc2)O1. The van der Waals surface area contributed by atoms with E-state index in [9.17, 15) is 0 Å². The monoisotopic (exact) mass is 190 g/mol. The third-order valence-corrected chi connectivity index (χ3v) is 2.16. The van der Waals surface area contributed by atoms with Crippen molar-refractivity contribution in [3.05, 3.63) is 48.0 Å². The maximum absolute atomic E-state index is 5.69. The van der Waals surface area contributed by atoms with Gasteiger partial charge < -0.3 is 9.47 Å². The van der Waals surface area contributed by atoms with Crippen LogP contribution in [0.5, 0.6) is 0 Å². The van der Waals surface area contributed by atoms with Gasteiger partial charge in [-0.3, -0.25) is 0 Å². The molecule has 2 heteroatoms. The largest absolute Gasteiger partial charge is 0.344 e. The van der Waals surface area contributed by atoms with Crippen LogP contribution in [0.25, 0.3) is 0 Å². The van der Waals surface area contributed by atoms with E-state index >= 15 is 0 Å². The topological polar surface area (TPSA) is 18.5 Å². The van der Waals surface area contributed by atoms with Crippen LogP contribution >= 0.6 is 0 Å². The molecule has 1 aromatic rings. The molecular formula is C12H14O2. The molecule has 2 rings (SSSR count). The Balaban J connectivity index is 2.12. The lowest BCUT2D eigenvalue weighted by molar-refractivity contribution is -0.148. The van der Waals surface area contributed by atoms with E-state index in [2.05, 4.69) is 0 Å². The van der Waals surface area contributed by atoms with Crippen molar-refractivity contribution < 1.29 is 9.47 Å². The molecule has 0 saturated heterocycles. The number of hydrogen-bond donors (Lipinski definition) is 0. The molecule has 0 amide bonds. The Morgan fingerprint density at radius 3 is 2.79 bits per heavy atom. The van der Waals surface area contributed by atoms with Crippen molar-refractivity contribution in [2.24, 2.45) is 0 Å². The van der Waals surface area contributed by atoms with Crippen molar-refractivity contribution in [3.63, 3.8) is 0 Å². The molecule has 1 aromatic carbocycles. The van der Waals surface area contributed by atoms with E-state index in [0.29, 0.717) is 6.61 Å². The molecule has 0 aromatic heterocycles. The minimum absolute atomic E-state index is 0.114. The zero-order valence-electron chi connectivity index (χ0n) is 8.22. The summed E-state index contributed by atoms with van der Waals surface area (Å²) in [6.45, 7) is 2.63. The Kier molecular flexibility index (Phi) is 2.96. The van der Waals surface area contributed by atoms with Gasteiger partial charge in [0.05, 0.1) is 12.7 Å². The predicted molar refractivity (Wildman–Crippen MR) is 54.8 cm³/mol. The Morgan fingerprint density at radius 1 is 1.21 bits per heavy atom. The summed E-state index contributed by atoms with van der Waals surface area (Å²) in [5.74, 6) is 0. The summed E-state index contributed by atoms with van der Waals surface area (Å²) in [5.41, 5.74) is 1.07. The number of rotatable bonds is 1. The Labute approximate surface area is 84.2 Å². The van der Waals surface area contributed by atoms with Crippen molar-refractivity contribution in [2.45, 2.75) is 19.3 Å².